The van der Waals surface area contributed by atoms with E-state index in [4.69, 9.17) is 9.15 Å². The largest absolute Gasteiger partial charge is 0.485 e. The van der Waals surface area contributed by atoms with Crippen molar-refractivity contribution in [2.75, 3.05) is 0 Å². The maximum Gasteiger partial charge on any atom is 0.185 e. The third-order valence-corrected chi connectivity index (χ3v) is 2.76. The first kappa shape index (κ1) is 12.4. The van der Waals surface area contributed by atoms with Crippen molar-refractivity contribution in [1.82, 2.24) is 0 Å². The van der Waals surface area contributed by atoms with E-state index in [1.54, 1.807) is 12.1 Å². The minimum atomic E-state index is 0.325. The van der Waals surface area contributed by atoms with Crippen LogP contribution in [0.2, 0.25) is 0 Å². The summed E-state index contributed by atoms with van der Waals surface area (Å²) < 4.78 is 11.0. The van der Waals surface area contributed by atoms with E-state index in [9.17, 15) is 4.79 Å². The Morgan fingerprint density at radius 3 is 2.39 bits per heavy atom. The lowest BCUT2D eigenvalue weighted by Crippen LogP contribution is -1.98. The summed E-state index contributed by atoms with van der Waals surface area (Å²) in [5.41, 5.74) is 3.43. The zero-order chi connectivity index (χ0) is 13.1. The fourth-order valence-electron chi connectivity index (χ4n) is 2.07. The van der Waals surface area contributed by atoms with Gasteiger partial charge in [0, 0.05) is 0 Å². The fourth-order valence-corrected chi connectivity index (χ4v) is 2.07. The van der Waals surface area contributed by atoms with E-state index in [1.807, 2.05) is 13.8 Å². The first-order valence-electron chi connectivity index (χ1n) is 5.84. The minimum Gasteiger partial charge on any atom is -0.485 e. The van der Waals surface area contributed by atoms with Crippen LogP contribution in [0.3, 0.4) is 0 Å². The number of aryl methyl sites for hydroxylation is 3. The van der Waals surface area contributed by atoms with E-state index in [0.717, 1.165) is 16.9 Å². The number of aldehydes is 1. The summed E-state index contributed by atoms with van der Waals surface area (Å²) in [6, 6.07) is 7.56. The van der Waals surface area contributed by atoms with Crippen LogP contribution in [0.5, 0.6) is 5.75 Å². The molecule has 0 unspecified atom stereocenters. The number of hydrogen-bond acceptors (Lipinski definition) is 3. The van der Waals surface area contributed by atoms with Gasteiger partial charge in [-0.15, -0.1) is 0 Å². The second kappa shape index (κ2) is 5.08. The smallest absolute Gasteiger partial charge is 0.185 e. The number of benzene rings is 1. The zero-order valence-electron chi connectivity index (χ0n) is 10.8. The number of carbonyl (C=O) groups excluding carboxylic acids is 1. The predicted molar refractivity (Wildman–Crippen MR) is 69.1 cm³/mol. The zero-order valence-corrected chi connectivity index (χ0v) is 10.8. The van der Waals surface area contributed by atoms with Crippen LogP contribution >= 0.6 is 0 Å². The van der Waals surface area contributed by atoms with Crippen molar-refractivity contribution >= 4 is 6.29 Å². The van der Waals surface area contributed by atoms with Gasteiger partial charge in [0.15, 0.2) is 12.0 Å². The molecule has 0 bridgehead atoms. The van der Waals surface area contributed by atoms with Gasteiger partial charge in [-0.3, -0.25) is 4.79 Å². The molecule has 1 heterocycles. The lowest BCUT2D eigenvalue weighted by Gasteiger charge is -2.12. The van der Waals surface area contributed by atoms with Gasteiger partial charge in [-0.05, 0) is 44.0 Å². The summed E-state index contributed by atoms with van der Waals surface area (Å²) in [4.78, 5) is 10.5. The summed E-state index contributed by atoms with van der Waals surface area (Å²) in [5, 5.41) is 0. The van der Waals surface area contributed by atoms with Crippen LogP contribution in [0.15, 0.2) is 28.7 Å². The van der Waals surface area contributed by atoms with E-state index in [1.165, 1.54) is 5.56 Å². The second-order valence-corrected chi connectivity index (χ2v) is 4.44. The Balaban J connectivity index is 2.12. The van der Waals surface area contributed by atoms with Gasteiger partial charge in [-0.1, -0.05) is 17.7 Å². The first-order valence-corrected chi connectivity index (χ1v) is 5.84. The standard InChI is InChI=1S/C15H16O3/c1-10-6-11(2)15(12(3)7-10)17-9-14-5-4-13(8-16)18-14/h4-8H,9H2,1-3H3. The Kier molecular flexibility index (Phi) is 3.51. The quantitative estimate of drug-likeness (QED) is 0.771. The third-order valence-electron chi connectivity index (χ3n) is 2.76. The van der Waals surface area contributed by atoms with Crippen LogP contribution in [-0.4, -0.2) is 6.29 Å². The number of furan rings is 1. The van der Waals surface area contributed by atoms with Gasteiger partial charge in [-0.2, -0.15) is 0 Å². The average Bonchev–Trinajstić information content (AvgIpc) is 2.75. The Bertz CT molecular complexity index is 544. The van der Waals surface area contributed by atoms with Gasteiger partial charge >= 0.3 is 0 Å². The van der Waals surface area contributed by atoms with Crippen LogP contribution < -0.4 is 4.74 Å². The SMILES string of the molecule is Cc1cc(C)c(OCc2ccc(C=O)o2)c(C)c1. The van der Waals surface area contributed by atoms with E-state index < -0.39 is 0 Å². The molecule has 0 radical (unpaired) electrons. The highest BCUT2D eigenvalue weighted by molar-refractivity contribution is 5.70. The maximum absolute atomic E-state index is 10.5. The van der Waals surface area contributed by atoms with Crippen molar-refractivity contribution in [2.45, 2.75) is 27.4 Å². The highest BCUT2D eigenvalue weighted by Crippen LogP contribution is 2.25. The van der Waals surface area contributed by atoms with E-state index in [2.05, 4.69) is 19.1 Å². The molecule has 1 aromatic carbocycles. The number of hydrogen-bond donors (Lipinski definition) is 0. The van der Waals surface area contributed by atoms with Crippen LogP contribution in [0, 0.1) is 20.8 Å². The van der Waals surface area contributed by atoms with Gasteiger partial charge < -0.3 is 9.15 Å². The number of ether oxygens (including phenoxy) is 1. The summed E-state index contributed by atoms with van der Waals surface area (Å²) in [6.07, 6.45) is 0.686. The average molecular weight is 244 g/mol. The van der Waals surface area contributed by atoms with Gasteiger partial charge in [0.1, 0.15) is 18.1 Å². The van der Waals surface area contributed by atoms with Crippen LogP contribution in [-0.2, 0) is 6.61 Å². The second-order valence-electron chi connectivity index (χ2n) is 4.44. The number of rotatable bonds is 4. The highest BCUT2D eigenvalue weighted by atomic mass is 16.5. The Labute approximate surface area is 106 Å². The lowest BCUT2D eigenvalue weighted by atomic mass is 10.1. The van der Waals surface area contributed by atoms with Crippen LogP contribution in [0.4, 0.5) is 0 Å². The molecule has 0 saturated carbocycles. The van der Waals surface area contributed by atoms with Gasteiger partial charge in [0.2, 0.25) is 0 Å². The lowest BCUT2D eigenvalue weighted by molar-refractivity contribution is 0.109. The van der Waals surface area contributed by atoms with Crippen molar-refractivity contribution in [3.8, 4) is 5.75 Å². The molecular formula is C15H16O3. The van der Waals surface area contributed by atoms with E-state index >= 15 is 0 Å². The predicted octanol–water partition coefficient (Wildman–Crippen LogP) is 3.60. The molecule has 0 aliphatic carbocycles. The molecule has 0 saturated heterocycles. The molecule has 94 valence electrons. The minimum absolute atomic E-state index is 0.325. The van der Waals surface area contributed by atoms with Crippen molar-refractivity contribution in [3.63, 3.8) is 0 Å². The Morgan fingerprint density at radius 2 is 1.83 bits per heavy atom. The summed E-state index contributed by atoms with van der Waals surface area (Å²) in [5.74, 6) is 1.85. The molecule has 0 atom stereocenters. The molecule has 0 aliphatic rings. The van der Waals surface area contributed by atoms with Gasteiger partial charge in [0.05, 0.1) is 0 Å². The van der Waals surface area contributed by atoms with Crippen LogP contribution in [0.25, 0.3) is 0 Å². The van der Waals surface area contributed by atoms with Crippen molar-refractivity contribution in [1.29, 1.82) is 0 Å². The monoisotopic (exact) mass is 244 g/mol. The van der Waals surface area contributed by atoms with E-state index in [-0.39, 0.29) is 0 Å². The third kappa shape index (κ3) is 2.62. The Hall–Kier alpha value is -2.03. The normalized spacial score (nSPS) is 10.4. The van der Waals surface area contributed by atoms with Gasteiger partial charge in [0.25, 0.3) is 0 Å². The molecule has 0 N–H and O–H groups in total. The molecule has 3 nitrogen and oxygen atoms in total. The Morgan fingerprint density at radius 1 is 1.17 bits per heavy atom. The molecule has 18 heavy (non-hydrogen) atoms. The molecule has 2 aromatic rings. The highest BCUT2D eigenvalue weighted by Gasteiger charge is 2.07. The maximum atomic E-state index is 10.5. The molecule has 0 spiro atoms. The molecule has 0 aliphatic heterocycles. The first-order chi connectivity index (χ1) is 8.60. The summed E-state index contributed by atoms with van der Waals surface area (Å²) >= 11 is 0. The van der Waals surface area contributed by atoms with E-state index in [0.29, 0.717) is 24.4 Å². The molecule has 3 heteroatoms. The summed E-state index contributed by atoms with van der Waals surface area (Å²) in [7, 11) is 0. The molecule has 1 aromatic heterocycles. The molecular weight excluding hydrogens is 228 g/mol. The molecule has 0 amide bonds. The molecule has 2 rings (SSSR count). The summed E-state index contributed by atoms with van der Waals surface area (Å²) in [6.45, 7) is 6.44. The van der Waals surface area contributed by atoms with Crippen molar-refractivity contribution < 1.29 is 13.9 Å². The van der Waals surface area contributed by atoms with Crippen LogP contribution in [0.1, 0.15) is 33.0 Å². The fraction of sp³-hybridized carbons (Fsp3) is 0.267. The van der Waals surface area contributed by atoms with Crippen molar-refractivity contribution in [3.05, 3.63) is 52.5 Å². The number of carbonyl (C=O) groups is 1. The van der Waals surface area contributed by atoms with Gasteiger partial charge in [-0.25, -0.2) is 0 Å². The van der Waals surface area contributed by atoms with Crippen molar-refractivity contribution in [2.24, 2.45) is 0 Å². The topological polar surface area (TPSA) is 39.4 Å². The molecule has 0 fully saturated rings.